The van der Waals surface area contributed by atoms with E-state index in [-0.39, 0.29) is 39.0 Å². The Kier molecular flexibility index (Phi) is 16.1. The Bertz CT molecular complexity index is 1180. The van der Waals surface area contributed by atoms with Crippen molar-refractivity contribution < 1.29 is 17.1 Å². The van der Waals surface area contributed by atoms with Crippen molar-refractivity contribution in [2.45, 2.75) is 164 Å². The normalized spacial score (nSPS) is 24.7. The first kappa shape index (κ1) is 39.4. The van der Waals surface area contributed by atoms with Gasteiger partial charge in [0.25, 0.3) is 0 Å². The van der Waals surface area contributed by atoms with Crippen LogP contribution in [-0.4, -0.2) is 37.6 Å². The molecular formula is C44H61FeN3P2+2. The Balaban J connectivity index is 0.000000663. The molecule has 0 saturated heterocycles. The van der Waals surface area contributed by atoms with Crippen LogP contribution in [0, 0.1) is 62.9 Å². The SMILES string of the molecule is C[C@@H]([C]1[CH][CH][CH][C]1P(C1CCCCC1)C1CCCCC1)n1nnc(-c2ccccc2)c1P(C1CCCCC1)C1CCCCC1.[CH]1[CH][CH][CH][CH]1.[Fe+2]. The monoisotopic (exact) mass is 749 g/mol. The predicted octanol–water partition coefficient (Wildman–Crippen LogP) is 12.2. The zero-order chi connectivity index (χ0) is 33.3. The molecule has 50 heavy (non-hydrogen) atoms. The molecule has 2 aromatic rings. The number of hydrogen-bond donors (Lipinski definition) is 0. The molecule has 6 aliphatic rings. The van der Waals surface area contributed by atoms with Gasteiger partial charge in [-0.1, -0.05) is 121 Å². The molecule has 10 radical (unpaired) electrons. The van der Waals surface area contributed by atoms with Crippen molar-refractivity contribution in [2.24, 2.45) is 0 Å². The van der Waals surface area contributed by atoms with Gasteiger partial charge in [-0.05, 0) is 140 Å². The van der Waals surface area contributed by atoms with Crippen LogP contribution in [-0.2, 0) is 17.1 Å². The van der Waals surface area contributed by atoms with E-state index in [1.807, 2.05) is 32.1 Å². The average molecular weight is 750 g/mol. The van der Waals surface area contributed by atoms with Crippen LogP contribution in [0.25, 0.3) is 11.3 Å². The Morgan fingerprint density at radius 2 is 1.00 bits per heavy atom. The second-order valence-electron chi connectivity index (χ2n) is 15.6. The van der Waals surface area contributed by atoms with Crippen molar-refractivity contribution in [3.05, 3.63) is 93.3 Å². The third-order valence-corrected chi connectivity index (χ3v) is 19.4. The number of benzene rings is 1. The zero-order valence-electron chi connectivity index (χ0n) is 30.6. The van der Waals surface area contributed by atoms with Crippen LogP contribution < -0.4 is 5.44 Å². The third-order valence-electron chi connectivity index (χ3n) is 12.3. The maximum absolute atomic E-state index is 5.17. The molecule has 3 nitrogen and oxygen atoms in total. The summed E-state index contributed by atoms with van der Waals surface area (Å²) in [5, 5.41) is 10.3. The Morgan fingerprint density at radius 3 is 1.46 bits per heavy atom. The minimum atomic E-state index is -0.335. The molecule has 0 spiro atoms. The van der Waals surface area contributed by atoms with E-state index in [1.165, 1.54) is 140 Å². The van der Waals surface area contributed by atoms with Gasteiger partial charge in [-0.15, -0.1) is 5.10 Å². The Morgan fingerprint density at radius 1 is 0.560 bits per heavy atom. The summed E-state index contributed by atoms with van der Waals surface area (Å²) < 4.78 is 2.51. The minimum Gasteiger partial charge on any atom is -0.241 e. The average Bonchev–Trinajstić information content (AvgIpc) is 3.99. The summed E-state index contributed by atoms with van der Waals surface area (Å²) >= 11 is 0. The molecule has 1 heterocycles. The van der Waals surface area contributed by atoms with Gasteiger partial charge in [-0.2, -0.15) is 0 Å². The second-order valence-corrected chi connectivity index (χ2v) is 21.0. The molecule has 0 bridgehead atoms. The van der Waals surface area contributed by atoms with Gasteiger partial charge in [0, 0.05) is 17.1 Å². The molecule has 268 valence electrons. The van der Waals surface area contributed by atoms with E-state index in [9.17, 15) is 0 Å². The first-order chi connectivity index (χ1) is 24.3. The number of hydrogen-bond acceptors (Lipinski definition) is 2. The van der Waals surface area contributed by atoms with E-state index in [1.54, 1.807) is 17.0 Å². The van der Waals surface area contributed by atoms with E-state index in [0.29, 0.717) is 0 Å². The largest absolute Gasteiger partial charge is 2.00 e. The first-order valence-electron chi connectivity index (χ1n) is 20.3. The predicted molar refractivity (Wildman–Crippen MR) is 212 cm³/mol. The van der Waals surface area contributed by atoms with Gasteiger partial charge >= 0.3 is 17.1 Å². The fraction of sp³-hybridized carbons (Fsp3) is 0.591. The maximum atomic E-state index is 5.17. The summed E-state index contributed by atoms with van der Waals surface area (Å²) in [6, 6.07) is 11.4. The van der Waals surface area contributed by atoms with E-state index in [0.717, 1.165) is 22.6 Å². The van der Waals surface area contributed by atoms with Crippen LogP contribution in [0.15, 0.2) is 30.3 Å². The van der Waals surface area contributed by atoms with Crippen LogP contribution in [0.5, 0.6) is 0 Å². The molecular weight excluding hydrogens is 688 g/mol. The number of rotatable bonds is 9. The first-order valence-corrected chi connectivity index (χ1v) is 23.2. The van der Waals surface area contributed by atoms with Gasteiger partial charge < -0.3 is 0 Å². The van der Waals surface area contributed by atoms with Gasteiger partial charge in [-0.3, -0.25) is 0 Å². The molecule has 0 unspecified atom stereocenters. The maximum Gasteiger partial charge on any atom is 2.00 e. The minimum absolute atomic E-state index is 0. The van der Waals surface area contributed by atoms with Crippen molar-refractivity contribution in [1.82, 2.24) is 15.0 Å². The van der Waals surface area contributed by atoms with Gasteiger partial charge in [-0.25, -0.2) is 4.68 Å². The van der Waals surface area contributed by atoms with Crippen LogP contribution in [0.1, 0.15) is 141 Å². The van der Waals surface area contributed by atoms with Crippen molar-refractivity contribution in [3.63, 3.8) is 0 Å². The van der Waals surface area contributed by atoms with Crippen molar-refractivity contribution in [1.29, 1.82) is 0 Å². The summed E-state index contributed by atoms with van der Waals surface area (Å²) in [6.07, 6.45) is 46.1. The molecule has 1 aromatic carbocycles. The molecule has 6 saturated carbocycles. The van der Waals surface area contributed by atoms with Crippen LogP contribution >= 0.6 is 15.8 Å². The fourth-order valence-electron chi connectivity index (χ4n) is 9.81. The quantitative estimate of drug-likeness (QED) is 0.189. The van der Waals surface area contributed by atoms with E-state index >= 15 is 0 Å². The van der Waals surface area contributed by atoms with Gasteiger partial charge in [0.2, 0.25) is 0 Å². The topological polar surface area (TPSA) is 30.7 Å². The molecule has 6 aliphatic carbocycles. The fourth-order valence-corrected chi connectivity index (χ4v) is 17.9. The molecule has 1 atom stereocenters. The molecule has 0 N–H and O–H groups in total. The number of aromatic nitrogens is 3. The smallest absolute Gasteiger partial charge is 0.241 e. The van der Waals surface area contributed by atoms with E-state index in [2.05, 4.69) is 61.2 Å². The van der Waals surface area contributed by atoms with E-state index in [4.69, 9.17) is 10.3 Å². The molecule has 8 rings (SSSR count). The van der Waals surface area contributed by atoms with Crippen molar-refractivity contribution in [2.75, 3.05) is 0 Å². The summed E-state index contributed by atoms with van der Waals surface area (Å²) in [4.78, 5) is 0. The molecule has 0 amide bonds. The molecule has 6 fully saturated rings. The second kappa shape index (κ2) is 20.4. The van der Waals surface area contributed by atoms with Crippen molar-refractivity contribution in [3.8, 4) is 11.3 Å². The molecule has 6 heteroatoms. The van der Waals surface area contributed by atoms with E-state index < -0.39 is 0 Å². The summed E-state index contributed by atoms with van der Waals surface area (Å²) in [6.45, 7) is 2.48. The third kappa shape index (κ3) is 9.69. The van der Waals surface area contributed by atoms with Crippen molar-refractivity contribution >= 4 is 21.3 Å². The van der Waals surface area contributed by atoms with Gasteiger partial charge in [0.05, 0.1) is 11.5 Å². The van der Waals surface area contributed by atoms with Crippen LogP contribution in [0.4, 0.5) is 0 Å². The Labute approximate surface area is 320 Å². The summed E-state index contributed by atoms with van der Waals surface area (Å²) in [7, 11) is -0.476. The van der Waals surface area contributed by atoms with Crippen LogP contribution in [0.2, 0.25) is 0 Å². The Hall–Kier alpha value is -0.261. The van der Waals surface area contributed by atoms with Gasteiger partial charge in [0.15, 0.2) is 0 Å². The zero-order valence-corrected chi connectivity index (χ0v) is 33.5. The standard InChI is InChI=1S/C39H56N3P2.C5H5.Fe/c1-30(36-28-17-29-37(36)43(32-20-9-3-10-21-32)33-22-11-4-12-23-33)42-39(38(40-41-42)31-18-7-2-8-19-31)44(34-24-13-5-14-25-34)35-26-15-6-16-27-35;1-2-4-5-3-1;/h2,7-8,17-19,28-30,32-35H,3-6,9-16,20-27H2,1H3;1-5H;/q;;+2/t30-;;/m0../s1. The molecule has 1 aromatic heterocycles. The summed E-state index contributed by atoms with van der Waals surface area (Å²) in [5.74, 6) is 1.58. The van der Waals surface area contributed by atoms with Gasteiger partial charge in [0.1, 0.15) is 5.69 Å². The number of nitrogens with zero attached hydrogens (tertiary/aromatic N) is 3. The molecule has 0 aliphatic heterocycles. The summed E-state index contributed by atoms with van der Waals surface area (Å²) in [5.41, 5.74) is 9.27. The van der Waals surface area contributed by atoms with Crippen LogP contribution in [0.3, 0.4) is 0 Å².